The lowest BCUT2D eigenvalue weighted by Crippen LogP contribution is -2.61. The summed E-state index contributed by atoms with van der Waals surface area (Å²) in [7, 11) is 0. The molecule has 4 amide bonds. The molecule has 10 heteroatoms. The monoisotopic (exact) mass is 589 g/mol. The highest BCUT2D eigenvalue weighted by Gasteiger charge is 2.35. The van der Waals surface area contributed by atoms with Crippen LogP contribution in [-0.4, -0.2) is 70.5 Å². The number of rotatable bonds is 10. The van der Waals surface area contributed by atoms with E-state index < -0.39 is 29.7 Å². The smallest absolute Gasteiger partial charge is 0.408 e. The Kier molecular flexibility index (Phi) is 10.1. The van der Waals surface area contributed by atoms with Gasteiger partial charge in [0, 0.05) is 30.1 Å². The van der Waals surface area contributed by atoms with Gasteiger partial charge in [0.15, 0.2) is 0 Å². The minimum Gasteiger partial charge on any atom is -0.444 e. The van der Waals surface area contributed by atoms with Gasteiger partial charge in [0.25, 0.3) is 0 Å². The zero-order valence-electron chi connectivity index (χ0n) is 25.6. The van der Waals surface area contributed by atoms with Crippen LogP contribution in [0.4, 0.5) is 4.79 Å². The number of H-pyrrole nitrogens is 1. The molecule has 3 atom stereocenters. The normalized spacial score (nSPS) is 16.8. The number of benzene rings is 2. The molecule has 2 heterocycles. The van der Waals surface area contributed by atoms with Crippen molar-refractivity contribution in [1.82, 2.24) is 25.8 Å². The average molecular weight is 590 g/mol. The molecule has 4 N–H and O–H groups in total. The minimum atomic E-state index is -1.01. The lowest BCUT2D eigenvalue weighted by atomic mass is 9.99. The summed E-state index contributed by atoms with van der Waals surface area (Å²) >= 11 is 0. The van der Waals surface area contributed by atoms with E-state index in [0.717, 1.165) is 22.0 Å². The number of ether oxygens (including phenoxy) is 1. The van der Waals surface area contributed by atoms with Crippen LogP contribution in [0.1, 0.15) is 52.2 Å². The molecule has 1 aliphatic heterocycles. The fraction of sp³-hybridized carbons (Fsp3) is 0.455. The van der Waals surface area contributed by atoms with Crippen molar-refractivity contribution in [1.29, 1.82) is 0 Å². The molecule has 0 saturated carbocycles. The van der Waals surface area contributed by atoms with Crippen LogP contribution in [0.25, 0.3) is 10.9 Å². The van der Waals surface area contributed by atoms with Crippen molar-refractivity contribution < 1.29 is 23.9 Å². The van der Waals surface area contributed by atoms with E-state index >= 15 is 0 Å². The third kappa shape index (κ3) is 9.07. The van der Waals surface area contributed by atoms with E-state index in [1.807, 2.05) is 74.6 Å². The number of alkyl carbamates (subject to hydrolysis) is 1. The molecule has 43 heavy (non-hydrogen) atoms. The maximum absolute atomic E-state index is 13.9. The van der Waals surface area contributed by atoms with Gasteiger partial charge in [0.2, 0.25) is 17.7 Å². The molecular formula is C33H43N5O5. The first-order chi connectivity index (χ1) is 20.4. The Morgan fingerprint density at radius 1 is 1.00 bits per heavy atom. The van der Waals surface area contributed by atoms with Crippen molar-refractivity contribution in [2.45, 2.75) is 77.6 Å². The lowest BCUT2D eigenvalue weighted by molar-refractivity contribution is -0.143. The van der Waals surface area contributed by atoms with Crippen molar-refractivity contribution in [3.63, 3.8) is 0 Å². The van der Waals surface area contributed by atoms with Crippen LogP contribution in [-0.2, 0) is 32.0 Å². The molecule has 1 saturated heterocycles. The molecular weight excluding hydrogens is 546 g/mol. The van der Waals surface area contributed by atoms with E-state index in [4.69, 9.17) is 4.74 Å². The SMILES string of the molecule is CC(C)C[C@H](NC(=O)[C@@H](Cc1c[nH]c2ccccc12)NC(=O)OC(C)(C)C)C(=O)N1CC(=O)N[C@@H](Cc2ccccc2)C1. The predicted molar refractivity (Wildman–Crippen MR) is 165 cm³/mol. The third-order valence-corrected chi connectivity index (χ3v) is 7.21. The number of amides is 4. The van der Waals surface area contributed by atoms with Crippen molar-refractivity contribution in [2.75, 3.05) is 13.1 Å². The maximum Gasteiger partial charge on any atom is 0.408 e. The molecule has 0 aliphatic carbocycles. The fourth-order valence-corrected chi connectivity index (χ4v) is 5.37. The number of aromatic amines is 1. The highest BCUT2D eigenvalue weighted by atomic mass is 16.6. The first-order valence-electron chi connectivity index (χ1n) is 14.8. The van der Waals surface area contributed by atoms with Gasteiger partial charge in [-0.2, -0.15) is 0 Å². The van der Waals surface area contributed by atoms with Gasteiger partial charge >= 0.3 is 6.09 Å². The summed E-state index contributed by atoms with van der Waals surface area (Å²) in [4.78, 5) is 57.8. The van der Waals surface area contributed by atoms with Gasteiger partial charge in [-0.3, -0.25) is 14.4 Å². The summed E-state index contributed by atoms with van der Waals surface area (Å²) in [6, 6.07) is 15.4. The second-order valence-corrected chi connectivity index (χ2v) is 12.6. The topological polar surface area (TPSA) is 133 Å². The number of aromatic nitrogens is 1. The molecule has 3 aromatic rings. The Morgan fingerprint density at radius 3 is 2.40 bits per heavy atom. The van der Waals surface area contributed by atoms with E-state index in [0.29, 0.717) is 19.4 Å². The first-order valence-corrected chi connectivity index (χ1v) is 14.8. The number of hydrogen-bond acceptors (Lipinski definition) is 5. The Hall–Kier alpha value is -4.34. The number of nitrogens with zero attached hydrogens (tertiary/aromatic N) is 1. The van der Waals surface area contributed by atoms with Gasteiger partial charge in [-0.05, 0) is 56.7 Å². The minimum absolute atomic E-state index is 0.0798. The van der Waals surface area contributed by atoms with Crippen molar-refractivity contribution in [3.05, 3.63) is 71.9 Å². The van der Waals surface area contributed by atoms with Crippen LogP contribution in [0.3, 0.4) is 0 Å². The van der Waals surface area contributed by atoms with Crippen molar-refractivity contribution in [3.8, 4) is 0 Å². The standard InChI is InChI=1S/C33H43N5O5/c1-21(2)15-28(31(41)38-19-24(35-29(39)20-38)16-22-11-7-6-8-12-22)36-30(40)27(37-32(42)43-33(3,4)5)17-23-18-34-26-14-10-9-13-25(23)26/h6-14,18,21,24,27-28,34H,15-17,19-20H2,1-5H3,(H,35,39)(H,36,40)(H,37,42)/t24-,27+,28-/m0/s1. The summed E-state index contributed by atoms with van der Waals surface area (Å²) in [5.41, 5.74) is 2.06. The molecule has 0 unspecified atom stereocenters. The molecule has 4 rings (SSSR count). The van der Waals surface area contributed by atoms with Crippen LogP contribution >= 0.6 is 0 Å². The quantitative estimate of drug-likeness (QED) is 0.286. The zero-order chi connectivity index (χ0) is 31.1. The van der Waals surface area contributed by atoms with Gasteiger partial charge in [-0.1, -0.05) is 62.4 Å². The number of carbonyl (C=O) groups excluding carboxylic acids is 4. The second kappa shape index (κ2) is 13.8. The van der Waals surface area contributed by atoms with Crippen LogP contribution in [0.15, 0.2) is 60.8 Å². The number of nitrogens with one attached hydrogen (secondary N) is 4. The number of piperazine rings is 1. The summed E-state index contributed by atoms with van der Waals surface area (Å²) in [5, 5.41) is 9.55. The molecule has 230 valence electrons. The molecule has 1 aromatic heterocycles. The average Bonchev–Trinajstić information content (AvgIpc) is 3.33. The molecule has 0 spiro atoms. The molecule has 1 fully saturated rings. The van der Waals surface area contributed by atoms with Gasteiger partial charge in [-0.15, -0.1) is 0 Å². The molecule has 1 aliphatic rings. The van der Waals surface area contributed by atoms with Gasteiger partial charge in [0.1, 0.15) is 17.7 Å². The third-order valence-electron chi connectivity index (χ3n) is 7.21. The number of fused-ring (bicyclic) bond motifs is 1. The second-order valence-electron chi connectivity index (χ2n) is 12.6. The highest BCUT2D eigenvalue weighted by molar-refractivity contribution is 5.94. The van der Waals surface area contributed by atoms with Gasteiger partial charge < -0.3 is 30.6 Å². The first kappa shape index (κ1) is 31.6. The van der Waals surface area contributed by atoms with Crippen molar-refractivity contribution in [2.24, 2.45) is 5.92 Å². The predicted octanol–water partition coefficient (Wildman–Crippen LogP) is 3.70. The van der Waals surface area contributed by atoms with Gasteiger partial charge in [-0.25, -0.2) is 4.79 Å². The Balaban J connectivity index is 1.52. The van der Waals surface area contributed by atoms with E-state index in [9.17, 15) is 19.2 Å². The Labute approximate surface area is 252 Å². The van der Waals surface area contributed by atoms with E-state index in [2.05, 4.69) is 20.9 Å². The summed E-state index contributed by atoms with van der Waals surface area (Å²) in [6.07, 6.45) is 2.24. The fourth-order valence-electron chi connectivity index (χ4n) is 5.37. The summed E-state index contributed by atoms with van der Waals surface area (Å²) in [6.45, 7) is 9.43. The van der Waals surface area contributed by atoms with Crippen molar-refractivity contribution >= 4 is 34.7 Å². The zero-order valence-corrected chi connectivity index (χ0v) is 25.6. The number of carbonyl (C=O) groups is 4. The van der Waals surface area contributed by atoms with E-state index in [-0.39, 0.29) is 36.7 Å². The summed E-state index contributed by atoms with van der Waals surface area (Å²) < 4.78 is 5.45. The Bertz CT molecular complexity index is 1430. The van der Waals surface area contributed by atoms with E-state index in [1.165, 1.54) is 4.90 Å². The largest absolute Gasteiger partial charge is 0.444 e. The van der Waals surface area contributed by atoms with Crippen LogP contribution in [0.5, 0.6) is 0 Å². The van der Waals surface area contributed by atoms with Crippen LogP contribution < -0.4 is 16.0 Å². The van der Waals surface area contributed by atoms with Gasteiger partial charge in [0.05, 0.1) is 12.6 Å². The van der Waals surface area contributed by atoms with Crippen LogP contribution in [0, 0.1) is 5.92 Å². The lowest BCUT2D eigenvalue weighted by Gasteiger charge is -2.36. The highest BCUT2D eigenvalue weighted by Crippen LogP contribution is 2.20. The summed E-state index contributed by atoms with van der Waals surface area (Å²) in [5.74, 6) is -0.978. The van der Waals surface area contributed by atoms with E-state index in [1.54, 1.807) is 20.8 Å². The maximum atomic E-state index is 13.9. The molecule has 10 nitrogen and oxygen atoms in total. The van der Waals surface area contributed by atoms with Crippen LogP contribution in [0.2, 0.25) is 0 Å². The molecule has 0 bridgehead atoms. The number of para-hydroxylation sites is 1. The molecule has 2 aromatic carbocycles. The number of hydrogen-bond donors (Lipinski definition) is 4. The Morgan fingerprint density at radius 2 is 1.70 bits per heavy atom. The molecule has 0 radical (unpaired) electrons.